The second-order valence-electron chi connectivity index (χ2n) is 9.21. The lowest BCUT2D eigenvalue weighted by molar-refractivity contribution is -0.0269. The van der Waals surface area contributed by atoms with Gasteiger partial charge >= 0.3 is 0 Å². The third-order valence-electron chi connectivity index (χ3n) is 5.70. The highest BCUT2D eigenvalue weighted by atomic mass is 16.6. The second kappa shape index (κ2) is 30.8. The minimum absolute atomic E-state index is 0.515. The quantitative estimate of drug-likeness (QED) is 0.109. The maximum absolute atomic E-state index is 5.56. The van der Waals surface area contributed by atoms with Crippen LogP contribution in [0.4, 0.5) is 0 Å². The minimum Gasteiger partial charge on any atom is -0.491 e. The van der Waals surface area contributed by atoms with Crippen LogP contribution in [0.2, 0.25) is 0 Å². The molecule has 44 heavy (non-hydrogen) atoms. The lowest BCUT2D eigenvalue weighted by Gasteiger charge is -2.09. The average molecular weight is 625 g/mol. The van der Waals surface area contributed by atoms with Crippen molar-refractivity contribution in [3.05, 3.63) is 66.2 Å². The average Bonchev–Trinajstić information content (AvgIpc) is 3.06. The van der Waals surface area contributed by atoms with Crippen LogP contribution >= 0.6 is 0 Å². The summed E-state index contributed by atoms with van der Waals surface area (Å²) in [5.74, 6) is 0.845. The second-order valence-corrected chi connectivity index (χ2v) is 9.21. The summed E-state index contributed by atoms with van der Waals surface area (Å²) < 4.78 is 60.5. The van der Waals surface area contributed by atoms with E-state index in [1.807, 2.05) is 60.7 Å². The van der Waals surface area contributed by atoms with E-state index in [-0.39, 0.29) is 0 Å². The summed E-state index contributed by atoms with van der Waals surface area (Å²) in [5.41, 5.74) is 1.16. The molecule has 250 valence electrons. The van der Waals surface area contributed by atoms with Gasteiger partial charge in [0.05, 0.1) is 132 Å². The molecule has 0 atom stereocenters. The molecular weight excluding hydrogens is 572 g/mol. The molecule has 2 rings (SSSR count). The van der Waals surface area contributed by atoms with Crippen molar-refractivity contribution in [2.45, 2.75) is 6.61 Å². The summed E-state index contributed by atoms with van der Waals surface area (Å²) in [7, 11) is 0. The largest absolute Gasteiger partial charge is 0.491 e. The van der Waals surface area contributed by atoms with Gasteiger partial charge in [-0.3, -0.25) is 0 Å². The fourth-order valence-electron chi connectivity index (χ4n) is 3.48. The van der Waals surface area contributed by atoms with Crippen LogP contribution in [0.3, 0.4) is 0 Å². The van der Waals surface area contributed by atoms with Gasteiger partial charge in [0.1, 0.15) is 12.4 Å². The number of benzene rings is 2. The molecule has 0 aromatic heterocycles. The van der Waals surface area contributed by atoms with Crippen molar-refractivity contribution < 1.29 is 52.1 Å². The van der Waals surface area contributed by atoms with Crippen molar-refractivity contribution in [3.63, 3.8) is 0 Å². The van der Waals surface area contributed by atoms with Gasteiger partial charge in [-0.25, -0.2) is 0 Å². The third-order valence-corrected chi connectivity index (χ3v) is 5.70. The van der Waals surface area contributed by atoms with E-state index in [4.69, 9.17) is 52.1 Å². The van der Waals surface area contributed by atoms with Crippen LogP contribution in [-0.2, 0) is 54.0 Å². The Balaban J connectivity index is 1.14. The molecule has 0 saturated carbocycles. The minimum atomic E-state index is 0.515. The van der Waals surface area contributed by atoms with Crippen LogP contribution < -0.4 is 4.74 Å². The number of hydrogen-bond donors (Lipinski definition) is 0. The molecule has 0 heterocycles. The maximum atomic E-state index is 5.56. The molecule has 2 aromatic rings. The fraction of sp³-hybridized carbons (Fsp3) is 0.636. The number of ether oxygens (including phenoxy) is 11. The fourth-order valence-corrected chi connectivity index (χ4v) is 3.48. The van der Waals surface area contributed by atoms with Gasteiger partial charge in [-0.05, 0) is 17.7 Å². The Labute approximate surface area is 262 Å². The molecule has 11 nitrogen and oxygen atoms in total. The van der Waals surface area contributed by atoms with Gasteiger partial charge in [0.2, 0.25) is 0 Å². The summed E-state index contributed by atoms with van der Waals surface area (Å²) in [6.07, 6.45) is 0. The van der Waals surface area contributed by atoms with Crippen molar-refractivity contribution in [1.29, 1.82) is 0 Å². The molecule has 0 aliphatic heterocycles. The van der Waals surface area contributed by atoms with E-state index in [1.165, 1.54) is 0 Å². The van der Waals surface area contributed by atoms with E-state index in [9.17, 15) is 0 Å². The summed E-state index contributed by atoms with van der Waals surface area (Å²) >= 11 is 0. The van der Waals surface area contributed by atoms with Crippen LogP contribution in [0.25, 0.3) is 0 Å². The number of rotatable bonds is 33. The summed E-state index contributed by atoms with van der Waals surface area (Å²) in [6, 6.07) is 19.8. The highest BCUT2D eigenvalue weighted by molar-refractivity contribution is 5.20. The van der Waals surface area contributed by atoms with Gasteiger partial charge in [-0.1, -0.05) is 48.5 Å². The van der Waals surface area contributed by atoms with Crippen molar-refractivity contribution in [2.75, 3.05) is 132 Å². The molecule has 0 radical (unpaired) electrons. The predicted molar refractivity (Wildman–Crippen MR) is 165 cm³/mol. The predicted octanol–water partition coefficient (Wildman–Crippen LogP) is 3.43. The SMILES string of the molecule is c1ccc(COCCOCCOCCOCCOCCOCCOCCOCCOCCOCCOc2ccccc2)cc1. The molecule has 0 aliphatic carbocycles. The maximum Gasteiger partial charge on any atom is 0.119 e. The van der Waals surface area contributed by atoms with E-state index in [1.54, 1.807) is 0 Å². The molecule has 11 heteroatoms. The standard InChI is InChI=1S/C33H52O11/c1-3-7-32(8-4-1)31-43-28-27-41-24-23-39-20-19-37-16-15-35-12-11-34-13-14-36-17-18-38-21-22-40-25-26-42-29-30-44-33-9-5-2-6-10-33/h1-10H,11-31H2. The summed E-state index contributed by atoms with van der Waals surface area (Å²) in [4.78, 5) is 0. The Morgan fingerprint density at radius 3 is 0.886 bits per heavy atom. The van der Waals surface area contributed by atoms with Crippen LogP contribution in [0.15, 0.2) is 60.7 Å². The Kier molecular flexibility index (Phi) is 26.7. The van der Waals surface area contributed by atoms with Crippen LogP contribution in [0.1, 0.15) is 5.56 Å². The highest BCUT2D eigenvalue weighted by Crippen LogP contribution is 2.07. The monoisotopic (exact) mass is 624 g/mol. The van der Waals surface area contributed by atoms with Gasteiger partial charge in [0, 0.05) is 0 Å². The zero-order chi connectivity index (χ0) is 30.9. The lowest BCUT2D eigenvalue weighted by Crippen LogP contribution is -2.15. The molecule has 0 saturated heterocycles. The molecule has 0 bridgehead atoms. The molecule has 2 aromatic carbocycles. The van der Waals surface area contributed by atoms with E-state index >= 15 is 0 Å². The first-order chi connectivity index (χ1) is 21.9. The topological polar surface area (TPSA) is 102 Å². The zero-order valence-corrected chi connectivity index (χ0v) is 26.1. The van der Waals surface area contributed by atoms with Gasteiger partial charge < -0.3 is 52.1 Å². The zero-order valence-electron chi connectivity index (χ0n) is 26.1. The first-order valence-corrected chi connectivity index (χ1v) is 15.4. The Hall–Kier alpha value is -2.16. The van der Waals surface area contributed by atoms with Crippen molar-refractivity contribution in [2.24, 2.45) is 0 Å². The Bertz CT molecular complexity index is 759. The molecule has 0 unspecified atom stereocenters. The molecular formula is C33H52O11. The van der Waals surface area contributed by atoms with Gasteiger partial charge in [-0.2, -0.15) is 0 Å². The number of para-hydroxylation sites is 1. The first-order valence-electron chi connectivity index (χ1n) is 15.4. The molecule has 0 spiro atoms. The van der Waals surface area contributed by atoms with Gasteiger partial charge in [-0.15, -0.1) is 0 Å². The summed E-state index contributed by atoms with van der Waals surface area (Å²) in [5, 5.41) is 0. The van der Waals surface area contributed by atoms with Crippen molar-refractivity contribution in [1.82, 2.24) is 0 Å². The number of hydrogen-bond acceptors (Lipinski definition) is 11. The van der Waals surface area contributed by atoms with E-state index in [0.717, 1.165) is 11.3 Å². The Morgan fingerprint density at radius 2 is 0.545 bits per heavy atom. The normalized spacial score (nSPS) is 11.3. The van der Waals surface area contributed by atoms with Crippen LogP contribution in [-0.4, -0.2) is 132 Å². The van der Waals surface area contributed by atoms with Crippen LogP contribution in [0.5, 0.6) is 5.75 Å². The van der Waals surface area contributed by atoms with E-state index in [2.05, 4.69) is 0 Å². The smallest absolute Gasteiger partial charge is 0.119 e. The molecule has 0 N–H and O–H groups in total. The van der Waals surface area contributed by atoms with Gasteiger partial charge in [0.25, 0.3) is 0 Å². The molecule has 0 amide bonds. The third kappa shape index (κ3) is 25.2. The molecule has 0 fully saturated rings. The van der Waals surface area contributed by atoms with Crippen molar-refractivity contribution >= 4 is 0 Å². The first kappa shape index (κ1) is 38.0. The molecule has 0 aliphatic rings. The highest BCUT2D eigenvalue weighted by Gasteiger charge is 1.97. The van der Waals surface area contributed by atoms with E-state index < -0.39 is 0 Å². The van der Waals surface area contributed by atoms with Crippen molar-refractivity contribution in [3.8, 4) is 5.75 Å². The summed E-state index contributed by atoms with van der Waals surface area (Å²) in [6.45, 7) is 11.1. The van der Waals surface area contributed by atoms with E-state index in [0.29, 0.717) is 139 Å². The van der Waals surface area contributed by atoms with Crippen LogP contribution in [0, 0.1) is 0 Å². The Morgan fingerprint density at radius 1 is 0.273 bits per heavy atom. The lowest BCUT2D eigenvalue weighted by atomic mass is 10.2. The van der Waals surface area contributed by atoms with Gasteiger partial charge in [0.15, 0.2) is 0 Å².